The number of ether oxygens (including phenoxy) is 1. The highest BCUT2D eigenvalue weighted by molar-refractivity contribution is 5.60. The quantitative estimate of drug-likeness (QED) is 0.814. The van der Waals surface area contributed by atoms with Gasteiger partial charge < -0.3 is 9.64 Å². The van der Waals surface area contributed by atoms with Gasteiger partial charge in [0.2, 0.25) is 0 Å². The summed E-state index contributed by atoms with van der Waals surface area (Å²) in [6.45, 7) is 3.94. The van der Waals surface area contributed by atoms with Gasteiger partial charge in [0, 0.05) is 13.1 Å². The molecule has 1 fully saturated rings. The standard InChI is InChI=1S/C13H20N2O2/c1-10-5-6-13(16-2)12(8-10)15-7-3-4-11(9-15)17-14/h5-6,8,11H,3-4,7,9,14H2,1-2H3. The second-order valence-corrected chi connectivity index (χ2v) is 4.52. The van der Waals surface area contributed by atoms with Crippen LogP contribution in [0.2, 0.25) is 0 Å². The number of nitrogens with two attached hydrogens (primary N) is 1. The van der Waals surface area contributed by atoms with E-state index in [9.17, 15) is 0 Å². The average Bonchev–Trinajstić information content (AvgIpc) is 2.39. The molecule has 0 spiro atoms. The highest BCUT2D eigenvalue weighted by atomic mass is 16.6. The third-order valence-corrected chi connectivity index (χ3v) is 3.25. The van der Waals surface area contributed by atoms with Crippen LogP contribution in [0.4, 0.5) is 5.69 Å². The molecule has 0 aromatic heterocycles. The van der Waals surface area contributed by atoms with Gasteiger partial charge in [-0.2, -0.15) is 0 Å². The van der Waals surface area contributed by atoms with Crippen LogP contribution in [0.5, 0.6) is 5.75 Å². The molecule has 0 aliphatic carbocycles. The largest absolute Gasteiger partial charge is 0.495 e. The van der Waals surface area contributed by atoms with Gasteiger partial charge in [-0.15, -0.1) is 0 Å². The number of rotatable bonds is 3. The molecule has 1 aromatic carbocycles. The number of aryl methyl sites for hydroxylation is 1. The number of hydrogen-bond acceptors (Lipinski definition) is 4. The van der Waals surface area contributed by atoms with Crippen molar-refractivity contribution >= 4 is 5.69 Å². The molecule has 0 radical (unpaired) electrons. The van der Waals surface area contributed by atoms with E-state index in [-0.39, 0.29) is 6.10 Å². The van der Waals surface area contributed by atoms with Crippen LogP contribution in [-0.2, 0) is 4.84 Å². The predicted octanol–water partition coefficient (Wildman–Crippen LogP) is 1.86. The van der Waals surface area contributed by atoms with Crippen LogP contribution in [-0.4, -0.2) is 26.3 Å². The van der Waals surface area contributed by atoms with Gasteiger partial charge in [-0.25, -0.2) is 5.90 Å². The van der Waals surface area contributed by atoms with Gasteiger partial charge in [0.1, 0.15) is 5.75 Å². The lowest BCUT2D eigenvalue weighted by molar-refractivity contribution is 0.0434. The summed E-state index contributed by atoms with van der Waals surface area (Å²) in [6, 6.07) is 6.22. The number of benzene rings is 1. The molecule has 0 amide bonds. The zero-order valence-electron chi connectivity index (χ0n) is 10.5. The van der Waals surface area contributed by atoms with Crippen LogP contribution < -0.4 is 15.5 Å². The van der Waals surface area contributed by atoms with Crippen molar-refractivity contribution in [2.24, 2.45) is 5.90 Å². The van der Waals surface area contributed by atoms with Crippen molar-refractivity contribution in [3.05, 3.63) is 23.8 Å². The molecule has 1 unspecified atom stereocenters. The zero-order chi connectivity index (χ0) is 12.3. The van der Waals surface area contributed by atoms with Gasteiger partial charge in [0.25, 0.3) is 0 Å². The van der Waals surface area contributed by atoms with Crippen molar-refractivity contribution in [3.8, 4) is 5.75 Å². The Kier molecular flexibility index (Phi) is 3.86. The maximum absolute atomic E-state index is 5.41. The SMILES string of the molecule is COc1ccc(C)cc1N1CCCC(ON)C1. The van der Waals surface area contributed by atoms with Crippen molar-refractivity contribution < 1.29 is 9.57 Å². The second kappa shape index (κ2) is 5.38. The van der Waals surface area contributed by atoms with E-state index >= 15 is 0 Å². The van der Waals surface area contributed by atoms with Crippen molar-refractivity contribution in [2.45, 2.75) is 25.9 Å². The number of piperidine rings is 1. The fourth-order valence-electron chi connectivity index (χ4n) is 2.32. The molecule has 0 saturated carbocycles. The smallest absolute Gasteiger partial charge is 0.142 e. The normalized spacial score (nSPS) is 20.4. The molecule has 17 heavy (non-hydrogen) atoms. The predicted molar refractivity (Wildman–Crippen MR) is 68.2 cm³/mol. The monoisotopic (exact) mass is 236 g/mol. The highest BCUT2D eigenvalue weighted by Gasteiger charge is 2.22. The summed E-state index contributed by atoms with van der Waals surface area (Å²) in [5, 5.41) is 0. The molecule has 1 aromatic rings. The van der Waals surface area contributed by atoms with Crippen LogP contribution in [0.15, 0.2) is 18.2 Å². The van der Waals surface area contributed by atoms with Crippen molar-refractivity contribution in [3.63, 3.8) is 0 Å². The Hall–Kier alpha value is -1.26. The molecule has 2 N–H and O–H groups in total. The molecule has 94 valence electrons. The first-order chi connectivity index (χ1) is 8.24. The lowest BCUT2D eigenvalue weighted by Crippen LogP contribution is -2.41. The Morgan fingerprint density at radius 3 is 2.94 bits per heavy atom. The van der Waals surface area contributed by atoms with Crippen LogP contribution >= 0.6 is 0 Å². The molecule has 4 heteroatoms. The van der Waals surface area contributed by atoms with E-state index < -0.39 is 0 Å². The van der Waals surface area contributed by atoms with Crippen molar-refractivity contribution in [2.75, 3.05) is 25.1 Å². The molecule has 1 heterocycles. The van der Waals surface area contributed by atoms with E-state index in [1.54, 1.807) is 7.11 Å². The first kappa shape index (κ1) is 12.2. The molecule has 4 nitrogen and oxygen atoms in total. The van der Waals surface area contributed by atoms with Gasteiger partial charge in [-0.1, -0.05) is 6.07 Å². The maximum atomic E-state index is 5.41. The molecule has 0 bridgehead atoms. The molecule has 1 aliphatic rings. The minimum absolute atomic E-state index is 0.119. The summed E-state index contributed by atoms with van der Waals surface area (Å²) in [7, 11) is 1.70. The van der Waals surface area contributed by atoms with Gasteiger partial charge >= 0.3 is 0 Å². The Balaban J connectivity index is 2.22. The van der Waals surface area contributed by atoms with E-state index in [1.807, 2.05) is 6.07 Å². The number of anilines is 1. The fraction of sp³-hybridized carbons (Fsp3) is 0.538. The molecule has 1 saturated heterocycles. The molecular weight excluding hydrogens is 216 g/mol. The van der Waals surface area contributed by atoms with Gasteiger partial charge in [-0.05, 0) is 37.5 Å². The summed E-state index contributed by atoms with van der Waals surface area (Å²) in [5.74, 6) is 6.20. The van der Waals surface area contributed by atoms with E-state index in [0.717, 1.165) is 37.4 Å². The average molecular weight is 236 g/mol. The number of methoxy groups -OCH3 is 1. The minimum Gasteiger partial charge on any atom is -0.495 e. The van der Waals surface area contributed by atoms with Crippen LogP contribution in [0.25, 0.3) is 0 Å². The van der Waals surface area contributed by atoms with Gasteiger partial charge in [0.05, 0.1) is 18.9 Å². The lowest BCUT2D eigenvalue weighted by atomic mass is 10.1. The third kappa shape index (κ3) is 2.70. The Morgan fingerprint density at radius 1 is 1.41 bits per heavy atom. The number of nitrogens with zero attached hydrogens (tertiary/aromatic N) is 1. The van der Waals surface area contributed by atoms with Crippen molar-refractivity contribution in [1.29, 1.82) is 0 Å². The summed E-state index contributed by atoms with van der Waals surface area (Å²) < 4.78 is 5.41. The Morgan fingerprint density at radius 2 is 2.24 bits per heavy atom. The van der Waals surface area contributed by atoms with E-state index in [1.165, 1.54) is 5.56 Å². The molecule has 1 atom stereocenters. The molecule has 2 rings (SSSR count). The maximum Gasteiger partial charge on any atom is 0.142 e. The van der Waals surface area contributed by atoms with Gasteiger partial charge in [-0.3, -0.25) is 4.84 Å². The van der Waals surface area contributed by atoms with Crippen LogP contribution in [0, 0.1) is 6.92 Å². The summed E-state index contributed by atoms with van der Waals surface area (Å²) in [5.41, 5.74) is 2.37. The fourth-order valence-corrected chi connectivity index (χ4v) is 2.32. The van der Waals surface area contributed by atoms with Crippen molar-refractivity contribution in [1.82, 2.24) is 0 Å². The van der Waals surface area contributed by atoms with Gasteiger partial charge in [0.15, 0.2) is 0 Å². The minimum atomic E-state index is 0.119. The van der Waals surface area contributed by atoms with E-state index in [4.69, 9.17) is 15.5 Å². The summed E-state index contributed by atoms with van der Waals surface area (Å²) in [6.07, 6.45) is 2.24. The van der Waals surface area contributed by atoms with Crippen LogP contribution in [0.3, 0.4) is 0 Å². The summed E-state index contributed by atoms with van der Waals surface area (Å²) in [4.78, 5) is 7.25. The second-order valence-electron chi connectivity index (χ2n) is 4.52. The summed E-state index contributed by atoms with van der Waals surface area (Å²) >= 11 is 0. The zero-order valence-corrected chi connectivity index (χ0v) is 10.5. The highest BCUT2D eigenvalue weighted by Crippen LogP contribution is 2.31. The first-order valence-corrected chi connectivity index (χ1v) is 5.99. The Labute approximate surface area is 102 Å². The van der Waals surface area contributed by atoms with E-state index in [2.05, 4.69) is 24.0 Å². The molecular formula is C13H20N2O2. The first-order valence-electron chi connectivity index (χ1n) is 5.99. The topological polar surface area (TPSA) is 47.7 Å². The molecule has 1 aliphatic heterocycles. The number of hydrogen-bond donors (Lipinski definition) is 1. The van der Waals surface area contributed by atoms with E-state index in [0.29, 0.717) is 0 Å². The third-order valence-electron chi connectivity index (χ3n) is 3.25. The Bertz CT molecular complexity index is 382. The van der Waals surface area contributed by atoms with Crippen LogP contribution in [0.1, 0.15) is 18.4 Å². The lowest BCUT2D eigenvalue weighted by Gasteiger charge is -2.34.